The van der Waals surface area contributed by atoms with E-state index < -0.39 is 0 Å². The molecule has 4 aromatic rings. The maximum atomic E-state index is 12.2. The zero-order valence-corrected chi connectivity index (χ0v) is 16.6. The molecule has 2 aromatic heterocycles. The molecule has 28 heavy (non-hydrogen) atoms. The molecule has 0 radical (unpaired) electrons. The Bertz CT molecular complexity index is 1170. The van der Waals surface area contributed by atoms with Gasteiger partial charge < -0.3 is 16.4 Å². The second-order valence-electron chi connectivity index (χ2n) is 6.23. The van der Waals surface area contributed by atoms with Crippen LogP contribution in [0.3, 0.4) is 0 Å². The van der Waals surface area contributed by atoms with E-state index in [9.17, 15) is 4.79 Å². The Morgan fingerprint density at radius 1 is 1.07 bits per heavy atom. The number of carbonyl (C=O) groups is 1. The molecule has 2 amide bonds. The summed E-state index contributed by atoms with van der Waals surface area (Å²) in [6.45, 7) is 0. The molecule has 7 nitrogen and oxygen atoms in total. The van der Waals surface area contributed by atoms with Gasteiger partial charge in [-0.3, -0.25) is 0 Å². The number of nitrogens with zero attached hydrogens (tertiary/aromatic N) is 3. The van der Waals surface area contributed by atoms with E-state index >= 15 is 0 Å². The Hall–Kier alpha value is -3.39. The first-order valence-electron chi connectivity index (χ1n) is 8.52. The molecular weight excluding hydrogens is 420 g/mol. The van der Waals surface area contributed by atoms with Gasteiger partial charge in [0.1, 0.15) is 0 Å². The molecule has 0 saturated carbocycles. The van der Waals surface area contributed by atoms with E-state index in [4.69, 9.17) is 5.73 Å². The van der Waals surface area contributed by atoms with E-state index in [1.165, 1.54) is 0 Å². The summed E-state index contributed by atoms with van der Waals surface area (Å²) in [5.74, 6) is 0.441. The van der Waals surface area contributed by atoms with Gasteiger partial charge in [0.15, 0.2) is 11.5 Å². The molecule has 0 atom stereocenters. The van der Waals surface area contributed by atoms with Gasteiger partial charge >= 0.3 is 6.03 Å². The van der Waals surface area contributed by atoms with Crippen LogP contribution in [0.25, 0.3) is 22.2 Å². The average Bonchev–Trinajstić information content (AvgIpc) is 2.96. The van der Waals surface area contributed by atoms with Crippen LogP contribution in [0.4, 0.5) is 22.0 Å². The summed E-state index contributed by atoms with van der Waals surface area (Å²) in [6.07, 6.45) is 1.73. The zero-order chi connectivity index (χ0) is 19.7. The molecule has 140 valence electrons. The number of aryl methyl sites for hydroxylation is 1. The number of halogens is 1. The van der Waals surface area contributed by atoms with E-state index in [-0.39, 0.29) is 6.03 Å². The molecule has 0 saturated heterocycles. The molecule has 8 heteroatoms. The third-order valence-electron chi connectivity index (χ3n) is 4.29. The Kier molecular flexibility index (Phi) is 4.70. The molecule has 0 aliphatic heterocycles. The number of hydrogen-bond acceptors (Lipinski definition) is 4. The van der Waals surface area contributed by atoms with Gasteiger partial charge in [-0.15, -0.1) is 0 Å². The lowest BCUT2D eigenvalue weighted by molar-refractivity contribution is 0.262. The van der Waals surface area contributed by atoms with Crippen LogP contribution in [0.2, 0.25) is 0 Å². The van der Waals surface area contributed by atoms with Crippen molar-refractivity contribution in [3.8, 4) is 11.1 Å². The van der Waals surface area contributed by atoms with Gasteiger partial charge in [0.25, 0.3) is 0 Å². The number of benzene rings is 2. The van der Waals surface area contributed by atoms with Crippen LogP contribution in [0.15, 0.2) is 65.3 Å². The third-order valence-corrected chi connectivity index (χ3v) is 4.78. The smallest absolute Gasteiger partial charge is 0.323 e. The highest BCUT2D eigenvalue weighted by molar-refractivity contribution is 9.10. The molecule has 0 fully saturated rings. The molecule has 2 aromatic carbocycles. The monoisotopic (exact) mass is 436 g/mol. The molecular formula is C20H17BrN6O. The average molecular weight is 437 g/mol. The second kappa shape index (κ2) is 7.32. The highest BCUT2D eigenvalue weighted by Crippen LogP contribution is 2.31. The van der Waals surface area contributed by atoms with E-state index in [0.29, 0.717) is 17.2 Å². The predicted octanol–water partition coefficient (Wildman–Crippen LogP) is 4.62. The molecule has 0 aliphatic rings. The molecule has 2 heterocycles. The summed E-state index contributed by atoms with van der Waals surface area (Å²) in [4.78, 5) is 16.5. The van der Waals surface area contributed by atoms with Gasteiger partial charge in [-0.2, -0.15) is 5.10 Å². The lowest BCUT2D eigenvalue weighted by Gasteiger charge is -2.09. The van der Waals surface area contributed by atoms with E-state index in [1.54, 1.807) is 10.9 Å². The molecule has 0 spiro atoms. The standard InChI is InChI=1S/C20H17BrN6O/c1-27-19-17(18(22)26-27)16(9-10-23-19)12-5-7-14(8-6-12)24-20(28)25-15-4-2-3-13(21)11-15/h2-11H,1H3,(H2,22,26)(H2,24,25,28). The van der Waals surface area contributed by atoms with E-state index in [2.05, 4.69) is 36.6 Å². The first-order valence-corrected chi connectivity index (χ1v) is 9.32. The fourth-order valence-electron chi connectivity index (χ4n) is 3.04. The number of nitrogens with two attached hydrogens (primary N) is 1. The van der Waals surface area contributed by atoms with Crippen LogP contribution in [0.1, 0.15) is 0 Å². The van der Waals surface area contributed by atoms with E-state index in [0.717, 1.165) is 26.6 Å². The summed E-state index contributed by atoms with van der Waals surface area (Å²) in [5, 5.41) is 10.7. The van der Waals surface area contributed by atoms with Crippen molar-refractivity contribution >= 4 is 50.2 Å². The highest BCUT2D eigenvalue weighted by Gasteiger charge is 2.13. The minimum atomic E-state index is -0.311. The zero-order valence-electron chi connectivity index (χ0n) is 15.0. The molecule has 4 N–H and O–H groups in total. The van der Waals surface area contributed by atoms with Crippen molar-refractivity contribution in [1.29, 1.82) is 0 Å². The summed E-state index contributed by atoms with van der Waals surface area (Å²) in [6, 6.07) is 16.5. The Morgan fingerprint density at radius 2 is 1.82 bits per heavy atom. The van der Waals surface area contributed by atoms with E-state index in [1.807, 2.05) is 61.6 Å². The van der Waals surface area contributed by atoms with Gasteiger partial charge in [0, 0.05) is 29.1 Å². The summed E-state index contributed by atoms with van der Waals surface area (Å²) in [5.41, 5.74) is 10.1. The Balaban J connectivity index is 1.54. The normalized spacial score (nSPS) is 10.8. The fourth-order valence-corrected chi connectivity index (χ4v) is 3.44. The molecule has 0 aliphatic carbocycles. The minimum absolute atomic E-state index is 0.311. The van der Waals surface area contributed by atoms with Crippen LogP contribution in [0.5, 0.6) is 0 Å². The van der Waals surface area contributed by atoms with Crippen LogP contribution in [-0.2, 0) is 7.05 Å². The van der Waals surface area contributed by atoms with Crippen molar-refractivity contribution in [1.82, 2.24) is 14.8 Å². The number of hydrogen-bond donors (Lipinski definition) is 3. The van der Waals surface area contributed by atoms with Crippen molar-refractivity contribution in [2.24, 2.45) is 7.05 Å². The molecule has 4 rings (SSSR count). The van der Waals surface area contributed by atoms with Gasteiger partial charge in [-0.25, -0.2) is 14.5 Å². The Labute approximate surface area is 169 Å². The van der Waals surface area contributed by atoms with Gasteiger partial charge in [-0.1, -0.05) is 34.1 Å². The Morgan fingerprint density at radius 3 is 2.57 bits per heavy atom. The number of pyridine rings is 1. The number of fused-ring (bicyclic) bond motifs is 1. The van der Waals surface area contributed by atoms with Gasteiger partial charge in [0.2, 0.25) is 0 Å². The second-order valence-corrected chi connectivity index (χ2v) is 7.15. The summed E-state index contributed by atoms with van der Waals surface area (Å²) >= 11 is 3.38. The molecule has 0 unspecified atom stereocenters. The van der Waals surface area contributed by atoms with Crippen LogP contribution in [-0.4, -0.2) is 20.8 Å². The first kappa shape index (κ1) is 18.0. The SMILES string of the molecule is Cn1nc(N)c2c(-c3ccc(NC(=O)Nc4cccc(Br)c4)cc3)ccnc21. The largest absolute Gasteiger partial charge is 0.382 e. The number of urea groups is 1. The van der Waals surface area contributed by atoms with Crippen molar-refractivity contribution in [3.05, 3.63) is 65.3 Å². The quantitative estimate of drug-likeness (QED) is 0.436. The van der Waals surface area contributed by atoms with Crippen molar-refractivity contribution in [2.75, 3.05) is 16.4 Å². The summed E-state index contributed by atoms with van der Waals surface area (Å²) in [7, 11) is 1.81. The lowest BCUT2D eigenvalue weighted by atomic mass is 10.0. The van der Waals surface area contributed by atoms with Crippen molar-refractivity contribution in [3.63, 3.8) is 0 Å². The number of aromatic nitrogens is 3. The number of carbonyl (C=O) groups excluding carboxylic acids is 1. The third kappa shape index (κ3) is 3.54. The predicted molar refractivity (Wildman–Crippen MR) is 115 cm³/mol. The van der Waals surface area contributed by atoms with Crippen molar-refractivity contribution in [2.45, 2.75) is 0 Å². The first-order chi connectivity index (χ1) is 13.5. The van der Waals surface area contributed by atoms with Gasteiger partial charge in [0.05, 0.1) is 5.39 Å². The van der Waals surface area contributed by atoms with Crippen LogP contribution >= 0.6 is 15.9 Å². The minimum Gasteiger partial charge on any atom is -0.382 e. The topological polar surface area (TPSA) is 97.9 Å². The number of nitrogens with one attached hydrogen (secondary N) is 2. The molecule has 0 bridgehead atoms. The number of anilines is 3. The highest BCUT2D eigenvalue weighted by atomic mass is 79.9. The maximum absolute atomic E-state index is 12.2. The summed E-state index contributed by atoms with van der Waals surface area (Å²) < 4.78 is 2.56. The van der Waals surface area contributed by atoms with Crippen LogP contribution < -0.4 is 16.4 Å². The maximum Gasteiger partial charge on any atom is 0.323 e. The fraction of sp³-hybridized carbons (Fsp3) is 0.0500. The van der Waals surface area contributed by atoms with Crippen LogP contribution in [0, 0.1) is 0 Å². The lowest BCUT2D eigenvalue weighted by Crippen LogP contribution is -2.19. The van der Waals surface area contributed by atoms with Crippen molar-refractivity contribution < 1.29 is 4.79 Å². The van der Waals surface area contributed by atoms with Gasteiger partial charge in [-0.05, 0) is 47.5 Å². The number of nitrogen functional groups attached to an aromatic ring is 1. The number of amides is 2. The number of rotatable bonds is 3.